The van der Waals surface area contributed by atoms with Crippen molar-refractivity contribution in [3.05, 3.63) is 34.9 Å². The van der Waals surface area contributed by atoms with E-state index in [2.05, 4.69) is 36.7 Å². The molecule has 0 heterocycles. The van der Waals surface area contributed by atoms with Gasteiger partial charge in [-0.3, -0.25) is 0 Å². The van der Waals surface area contributed by atoms with Crippen molar-refractivity contribution >= 4 is 24.2 Å². The van der Waals surface area contributed by atoms with E-state index in [4.69, 9.17) is 11.6 Å². The normalized spacial score (nSPS) is 10.9. The summed E-state index contributed by atoms with van der Waals surface area (Å²) in [6, 6.07) is 8.04. The first-order valence-electron chi connectivity index (χ1n) is 4.76. The number of rotatable bonds is 5. The summed E-state index contributed by atoms with van der Waals surface area (Å²) >= 11 is 10.00. The van der Waals surface area contributed by atoms with Crippen LogP contribution in [-0.2, 0) is 6.42 Å². The SMILES string of the molecule is CN(CCS)CCc1ccc(Cl)cc1. The van der Waals surface area contributed by atoms with Gasteiger partial charge in [0.2, 0.25) is 0 Å². The van der Waals surface area contributed by atoms with Crippen LogP contribution in [0.25, 0.3) is 0 Å². The topological polar surface area (TPSA) is 3.24 Å². The van der Waals surface area contributed by atoms with Crippen LogP contribution < -0.4 is 0 Å². The Balaban J connectivity index is 2.34. The number of hydrogen-bond donors (Lipinski definition) is 1. The average Bonchev–Trinajstić information content (AvgIpc) is 2.17. The van der Waals surface area contributed by atoms with Gasteiger partial charge in [-0.15, -0.1) is 0 Å². The largest absolute Gasteiger partial charge is 0.305 e. The molecule has 0 aliphatic heterocycles. The molecule has 1 aromatic carbocycles. The summed E-state index contributed by atoms with van der Waals surface area (Å²) in [5.74, 6) is 0.914. The van der Waals surface area contributed by atoms with Gasteiger partial charge in [-0.25, -0.2) is 0 Å². The molecule has 0 spiro atoms. The Labute approximate surface area is 96.5 Å². The molecule has 3 heteroatoms. The number of halogens is 1. The molecular weight excluding hydrogens is 214 g/mol. The third kappa shape index (κ3) is 4.36. The zero-order valence-electron chi connectivity index (χ0n) is 8.41. The monoisotopic (exact) mass is 229 g/mol. The molecule has 0 atom stereocenters. The summed E-state index contributed by atoms with van der Waals surface area (Å²) < 4.78 is 0. The molecule has 0 saturated heterocycles. The minimum absolute atomic E-state index is 0.803. The number of thiol groups is 1. The van der Waals surface area contributed by atoms with E-state index in [9.17, 15) is 0 Å². The molecule has 0 aromatic heterocycles. The van der Waals surface area contributed by atoms with E-state index in [1.54, 1.807) is 0 Å². The van der Waals surface area contributed by atoms with Crippen molar-refractivity contribution in [3.63, 3.8) is 0 Å². The highest BCUT2D eigenvalue weighted by Gasteiger charge is 1.98. The molecule has 0 amide bonds. The van der Waals surface area contributed by atoms with Gasteiger partial charge in [-0.05, 0) is 31.2 Å². The molecule has 0 fully saturated rings. The van der Waals surface area contributed by atoms with Crippen LogP contribution in [0.4, 0.5) is 0 Å². The second-order valence-electron chi connectivity index (χ2n) is 3.40. The first-order chi connectivity index (χ1) is 6.72. The first-order valence-corrected chi connectivity index (χ1v) is 5.77. The van der Waals surface area contributed by atoms with Crippen molar-refractivity contribution in [2.45, 2.75) is 6.42 Å². The van der Waals surface area contributed by atoms with Crippen LogP contribution in [0.3, 0.4) is 0 Å². The lowest BCUT2D eigenvalue weighted by Crippen LogP contribution is -2.23. The van der Waals surface area contributed by atoms with Crippen molar-refractivity contribution in [1.29, 1.82) is 0 Å². The number of likely N-dealkylation sites (N-methyl/N-ethyl adjacent to an activating group) is 1. The van der Waals surface area contributed by atoms with Gasteiger partial charge in [0.25, 0.3) is 0 Å². The molecule has 0 aliphatic rings. The van der Waals surface area contributed by atoms with Crippen molar-refractivity contribution in [3.8, 4) is 0 Å². The van der Waals surface area contributed by atoms with Gasteiger partial charge in [-0.1, -0.05) is 23.7 Å². The summed E-state index contributed by atoms with van der Waals surface area (Å²) in [5.41, 5.74) is 1.33. The van der Waals surface area contributed by atoms with Crippen molar-refractivity contribution in [2.24, 2.45) is 0 Å². The van der Waals surface area contributed by atoms with E-state index in [-0.39, 0.29) is 0 Å². The van der Waals surface area contributed by atoms with E-state index >= 15 is 0 Å². The summed E-state index contributed by atoms with van der Waals surface area (Å²) in [5, 5.41) is 0.803. The molecule has 1 rings (SSSR count). The quantitative estimate of drug-likeness (QED) is 0.760. The molecule has 1 nitrogen and oxygen atoms in total. The van der Waals surface area contributed by atoms with E-state index in [0.717, 1.165) is 30.3 Å². The van der Waals surface area contributed by atoms with Gasteiger partial charge >= 0.3 is 0 Å². The van der Waals surface area contributed by atoms with Gasteiger partial charge < -0.3 is 4.90 Å². The molecule has 1 aromatic rings. The minimum atomic E-state index is 0.803. The summed E-state index contributed by atoms with van der Waals surface area (Å²) in [4.78, 5) is 2.28. The standard InChI is InChI=1S/C11H16ClNS/c1-13(8-9-14)7-6-10-2-4-11(12)5-3-10/h2-5,14H,6-9H2,1H3. The molecule has 0 radical (unpaired) electrons. The molecule has 0 N–H and O–H groups in total. The van der Waals surface area contributed by atoms with Crippen molar-refractivity contribution in [1.82, 2.24) is 4.90 Å². The number of hydrogen-bond acceptors (Lipinski definition) is 2. The van der Waals surface area contributed by atoms with Crippen LogP contribution >= 0.6 is 24.2 Å². The van der Waals surface area contributed by atoms with Crippen LogP contribution in [0.15, 0.2) is 24.3 Å². The van der Waals surface area contributed by atoms with Gasteiger partial charge in [-0.2, -0.15) is 12.6 Å². The molecule has 14 heavy (non-hydrogen) atoms. The van der Waals surface area contributed by atoms with Gasteiger partial charge in [0.1, 0.15) is 0 Å². The third-order valence-electron chi connectivity index (χ3n) is 2.18. The Bertz CT molecular complexity index is 260. The van der Waals surface area contributed by atoms with Gasteiger partial charge in [0.15, 0.2) is 0 Å². The maximum atomic E-state index is 5.80. The fourth-order valence-electron chi connectivity index (χ4n) is 1.25. The van der Waals surface area contributed by atoms with E-state index in [0.29, 0.717) is 0 Å². The van der Waals surface area contributed by atoms with Crippen LogP contribution in [-0.4, -0.2) is 30.8 Å². The Hall–Kier alpha value is -0.180. The molecule has 78 valence electrons. The Morgan fingerprint density at radius 2 is 1.86 bits per heavy atom. The maximum Gasteiger partial charge on any atom is 0.0406 e. The van der Waals surface area contributed by atoms with Gasteiger partial charge in [0.05, 0.1) is 0 Å². The number of benzene rings is 1. The zero-order valence-corrected chi connectivity index (χ0v) is 10.1. The minimum Gasteiger partial charge on any atom is -0.305 e. The summed E-state index contributed by atoms with van der Waals surface area (Å²) in [6.45, 7) is 2.11. The predicted molar refractivity (Wildman–Crippen MR) is 66.5 cm³/mol. The van der Waals surface area contributed by atoms with E-state index in [1.807, 2.05) is 12.1 Å². The Morgan fingerprint density at radius 1 is 1.21 bits per heavy atom. The Kier molecular flexibility index (Phi) is 5.38. The molecule has 0 unspecified atom stereocenters. The van der Waals surface area contributed by atoms with E-state index in [1.165, 1.54) is 5.56 Å². The molecule has 0 aliphatic carbocycles. The van der Waals surface area contributed by atoms with Crippen LogP contribution in [0.5, 0.6) is 0 Å². The van der Waals surface area contributed by atoms with Crippen LogP contribution in [0, 0.1) is 0 Å². The highest BCUT2D eigenvalue weighted by molar-refractivity contribution is 7.80. The fourth-order valence-corrected chi connectivity index (χ4v) is 1.72. The highest BCUT2D eigenvalue weighted by atomic mass is 35.5. The summed E-state index contributed by atoms with van der Waals surface area (Å²) in [6.07, 6.45) is 1.07. The van der Waals surface area contributed by atoms with Crippen molar-refractivity contribution < 1.29 is 0 Å². The average molecular weight is 230 g/mol. The Morgan fingerprint density at radius 3 is 2.43 bits per heavy atom. The molecule has 0 saturated carbocycles. The third-order valence-corrected chi connectivity index (χ3v) is 2.63. The number of nitrogens with zero attached hydrogens (tertiary/aromatic N) is 1. The van der Waals surface area contributed by atoms with E-state index < -0.39 is 0 Å². The zero-order chi connectivity index (χ0) is 10.4. The van der Waals surface area contributed by atoms with Crippen molar-refractivity contribution in [2.75, 3.05) is 25.9 Å². The smallest absolute Gasteiger partial charge is 0.0406 e. The second-order valence-corrected chi connectivity index (χ2v) is 4.29. The second kappa shape index (κ2) is 6.33. The molecular formula is C11H16ClNS. The van der Waals surface area contributed by atoms with Crippen LogP contribution in [0.2, 0.25) is 5.02 Å². The first kappa shape index (κ1) is 11.9. The predicted octanol–water partition coefficient (Wildman–Crippen LogP) is 2.74. The molecule has 0 bridgehead atoms. The lowest BCUT2D eigenvalue weighted by molar-refractivity contribution is 0.361. The lowest BCUT2D eigenvalue weighted by Gasteiger charge is -2.14. The highest BCUT2D eigenvalue weighted by Crippen LogP contribution is 2.10. The fraction of sp³-hybridized carbons (Fsp3) is 0.455. The van der Waals surface area contributed by atoms with Crippen LogP contribution in [0.1, 0.15) is 5.56 Å². The van der Waals surface area contributed by atoms with Gasteiger partial charge in [0, 0.05) is 23.9 Å². The lowest BCUT2D eigenvalue weighted by atomic mass is 10.1. The maximum absolute atomic E-state index is 5.80. The summed E-state index contributed by atoms with van der Waals surface area (Å²) in [7, 11) is 2.12.